The first-order valence-electron chi connectivity index (χ1n) is 5.92. The predicted molar refractivity (Wildman–Crippen MR) is 94.4 cm³/mol. The fourth-order valence-electron chi connectivity index (χ4n) is 1.18. The van der Waals surface area contributed by atoms with Gasteiger partial charge in [-0.15, -0.1) is 35.3 Å². The smallest absolute Gasteiger partial charge is 0.189 e. The highest BCUT2D eigenvalue weighted by Gasteiger charge is 2.17. The van der Waals surface area contributed by atoms with Crippen LogP contribution in [-0.4, -0.2) is 17.5 Å². The fourth-order valence-corrected chi connectivity index (χ4v) is 2.12. The van der Waals surface area contributed by atoms with Crippen LogP contribution in [-0.2, 0) is 12.0 Å². The van der Waals surface area contributed by atoms with Crippen LogP contribution in [0.5, 0.6) is 0 Å². The van der Waals surface area contributed by atoms with E-state index in [1.54, 1.807) is 11.3 Å². The molecule has 0 aromatic carbocycles. The fraction of sp³-hybridized carbons (Fsp3) is 0.538. The number of halogens is 1. The first-order valence-corrected chi connectivity index (χ1v) is 6.80. The third kappa shape index (κ3) is 6.91. The van der Waals surface area contributed by atoms with E-state index in [1.165, 1.54) is 0 Å². The topological polar surface area (TPSA) is 63.3 Å². The van der Waals surface area contributed by atoms with Gasteiger partial charge in [0.2, 0.25) is 0 Å². The van der Waals surface area contributed by atoms with Gasteiger partial charge in [0, 0.05) is 17.3 Å². The van der Waals surface area contributed by atoms with Crippen LogP contribution >= 0.6 is 35.3 Å². The third-order valence-corrected chi connectivity index (χ3v) is 3.11. The molecule has 0 aliphatic heterocycles. The summed E-state index contributed by atoms with van der Waals surface area (Å²) < 4.78 is 0. The predicted octanol–water partition coefficient (Wildman–Crippen LogP) is 3.04. The Morgan fingerprint density at radius 1 is 1.53 bits per heavy atom. The van der Waals surface area contributed by atoms with E-state index in [2.05, 4.69) is 48.0 Å². The van der Waals surface area contributed by atoms with Gasteiger partial charge in [-0.25, -0.2) is 9.98 Å². The van der Waals surface area contributed by atoms with Gasteiger partial charge in [-0.2, -0.15) is 0 Å². The average Bonchev–Trinajstić information content (AvgIpc) is 2.71. The summed E-state index contributed by atoms with van der Waals surface area (Å²) in [5.74, 6) is 0.436. The Hall–Kier alpha value is -0.630. The van der Waals surface area contributed by atoms with E-state index in [1.807, 2.05) is 6.92 Å². The Balaban J connectivity index is 0.00000324. The minimum Gasteiger partial charge on any atom is -0.370 e. The summed E-state index contributed by atoms with van der Waals surface area (Å²) in [4.78, 5) is 8.81. The quantitative estimate of drug-likeness (QED) is 0.357. The van der Waals surface area contributed by atoms with Crippen molar-refractivity contribution in [3.63, 3.8) is 0 Å². The molecule has 0 radical (unpaired) electrons. The Morgan fingerprint density at radius 2 is 2.16 bits per heavy atom. The lowest BCUT2D eigenvalue weighted by Crippen LogP contribution is -2.32. The molecule has 6 heteroatoms. The second-order valence-electron chi connectivity index (χ2n) is 5.39. The molecule has 0 spiro atoms. The van der Waals surface area contributed by atoms with Crippen molar-refractivity contribution >= 4 is 41.3 Å². The Morgan fingerprint density at radius 3 is 2.63 bits per heavy atom. The molecule has 0 amide bonds. The summed E-state index contributed by atoms with van der Waals surface area (Å²) >= 11 is 1.62. The van der Waals surface area contributed by atoms with E-state index in [9.17, 15) is 0 Å². The first kappa shape index (κ1) is 18.4. The zero-order valence-corrected chi connectivity index (χ0v) is 15.1. The lowest BCUT2D eigenvalue weighted by Gasteiger charge is -2.14. The molecule has 19 heavy (non-hydrogen) atoms. The summed E-state index contributed by atoms with van der Waals surface area (Å²) in [7, 11) is 0. The van der Waals surface area contributed by atoms with Crippen LogP contribution in [0.4, 0.5) is 0 Å². The molecule has 0 unspecified atom stereocenters. The second kappa shape index (κ2) is 7.84. The molecular formula is C13H23IN4S. The zero-order chi connectivity index (χ0) is 13.8. The van der Waals surface area contributed by atoms with Crippen molar-refractivity contribution in [2.24, 2.45) is 10.7 Å². The summed E-state index contributed by atoms with van der Waals surface area (Å²) in [6.45, 7) is 13.4. The van der Waals surface area contributed by atoms with Crippen molar-refractivity contribution in [3.05, 3.63) is 28.2 Å². The molecule has 0 saturated heterocycles. The van der Waals surface area contributed by atoms with Crippen LogP contribution in [0.1, 0.15) is 38.4 Å². The number of rotatable bonds is 4. The van der Waals surface area contributed by atoms with E-state index in [0.29, 0.717) is 19.0 Å². The molecule has 0 bridgehead atoms. The maximum Gasteiger partial charge on any atom is 0.189 e. The van der Waals surface area contributed by atoms with E-state index in [0.717, 1.165) is 16.3 Å². The molecule has 1 heterocycles. The molecule has 4 nitrogen and oxygen atoms in total. The van der Waals surface area contributed by atoms with E-state index in [4.69, 9.17) is 5.73 Å². The highest BCUT2D eigenvalue weighted by molar-refractivity contribution is 14.0. The summed E-state index contributed by atoms with van der Waals surface area (Å²) in [5, 5.41) is 6.07. The molecule has 3 N–H and O–H groups in total. The van der Waals surface area contributed by atoms with E-state index in [-0.39, 0.29) is 29.4 Å². The molecule has 1 aromatic heterocycles. The normalized spacial score (nSPS) is 11.9. The molecule has 0 aliphatic rings. The van der Waals surface area contributed by atoms with Gasteiger partial charge in [-0.05, 0) is 6.92 Å². The number of hydrogen-bond donors (Lipinski definition) is 2. The molecule has 0 aliphatic carbocycles. The number of thiazole rings is 1. The van der Waals surface area contributed by atoms with Crippen molar-refractivity contribution in [1.29, 1.82) is 0 Å². The van der Waals surface area contributed by atoms with E-state index >= 15 is 0 Å². The zero-order valence-electron chi connectivity index (χ0n) is 12.0. The average molecular weight is 394 g/mol. The Bertz CT molecular complexity index is 446. The largest absolute Gasteiger partial charge is 0.370 e. The van der Waals surface area contributed by atoms with Gasteiger partial charge in [0.05, 0.1) is 12.2 Å². The third-order valence-electron chi connectivity index (χ3n) is 2.28. The first-order chi connectivity index (χ1) is 8.29. The number of nitrogens with one attached hydrogen (secondary N) is 1. The standard InChI is InChI=1S/C13H22N4S.HI/c1-9(2)6-15-12(14)16-7-11-17-10(8-18-11)13(3,4)5;/h8H,1,6-7H2,2-5H3,(H3,14,15,16);1H. The highest BCUT2D eigenvalue weighted by atomic mass is 127. The number of guanidine groups is 1. The summed E-state index contributed by atoms with van der Waals surface area (Å²) in [6.07, 6.45) is 0. The van der Waals surface area contributed by atoms with Crippen molar-refractivity contribution in [2.45, 2.75) is 39.7 Å². The Labute approximate surface area is 136 Å². The SMILES string of the molecule is C=C(C)CNC(N)=NCc1nc(C(C)(C)C)cs1.I. The minimum atomic E-state index is 0. The number of nitrogens with two attached hydrogens (primary N) is 1. The van der Waals surface area contributed by atoms with Crippen LogP contribution in [0.3, 0.4) is 0 Å². The maximum absolute atomic E-state index is 5.74. The monoisotopic (exact) mass is 394 g/mol. The van der Waals surface area contributed by atoms with Gasteiger partial charge in [0.25, 0.3) is 0 Å². The lowest BCUT2D eigenvalue weighted by molar-refractivity contribution is 0.571. The number of nitrogens with zero attached hydrogens (tertiary/aromatic N) is 2. The lowest BCUT2D eigenvalue weighted by atomic mass is 9.93. The van der Waals surface area contributed by atoms with Gasteiger partial charge in [-0.3, -0.25) is 0 Å². The highest BCUT2D eigenvalue weighted by Crippen LogP contribution is 2.24. The Kier molecular flexibility index (Phi) is 7.58. The van der Waals surface area contributed by atoms with Crippen LogP contribution < -0.4 is 11.1 Å². The molecular weight excluding hydrogens is 371 g/mol. The van der Waals surface area contributed by atoms with Crippen LogP contribution in [0, 0.1) is 0 Å². The molecule has 1 rings (SSSR count). The van der Waals surface area contributed by atoms with Crippen molar-refractivity contribution < 1.29 is 0 Å². The molecule has 108 valence electrons. The van der Waals surface area contributed by atoms with Crippen molar-refractivity contribution in [2.75, 3.05) is 6.54 Å². The van der Waals surface area contributed by atoms with Gasteiger partial charge in [-0.1, -0.05) is 32.9 Å². The number of hydrogen-bond acceptors (Lipinski definition) is 3. The molecule has 1 aromatic rings. The molecule has 0 saturated carbocycles. The van der Waals surface area contributed by atoms with Gasteiger partial charge < -0.3 is 11.1 Å². The number of aromatic nitrogens is 1. The molecule has 0 fully saturated rings. The van der Waals surface area contributed by atoms with Crippen molar-refractivity contribution in [1.82, 2.24) is 10.3 Å². The maximum atomic E-state index is 5.74. The van der Waals surface area contributed by atoms with Gasteiger partial charge >= 0.3 is 0 Å². The molecule has 0 atom stereocenters. The minimum absolute atomic E-state index is 0. The van der Waals surface area contributed by atoms with Crippen LogP contribution in [0.25, 0.3) is 0 Å². The van der Waals surface area contributed by atoms with Gasteiger partial charge in [0.15, 0.2) is 5.96 Å². The van der Waals surface area contributed by atoms with E-state index < -0.39 is 0 Å². The van der Waals surface area contributed by atoms with Gasteiger partial charge in [0.1, 0.15) is 5.01 Å². The van der Waals surface area contributed by atoms with Crippen LogP contribution in [0.2, 0.25) is 0 Å². The number of aliphatic imine (C=N–C) groups is 1. The van der Waals surface area contributed by atoms with Crippen LogP contribution in [0.15, 0.2) is 22.5 Å². The second-order valence-corrected chi connectivity index (χ2v) is 6.33. The summed E-state index contributed by atoms with van der Waals surface area (Å²) in [6, 6.07) is 0. The summed E-state index contributed by atoms with van der Waals surface area (Å²) in [5.41, 5.74) is 7.95. The van der Waals surface area contributed by atoms with Crippen molar-refractivity contribution in [3.8, 4) is 0 Å².